The lowest BCUT2D eigenvalue weighted by Crippen LogP contribution is -2.14. The van der Waals surface area contributed by atoms with Gasteiger partial charge in [0.25, 0.3) is 0 Å². The van der Waals surface area contributed by atoms with E-state index in [9.17, 15) is 19.1 Å². The van der Waals surface area contributed by atoms with Crippen molar-refractivity contribution in [3.8, 4) is 11.5 Å². The Balaban J connectivity index is 1.93. The Bertz CT molecular complexity index is 1260. The van der Waals surface area contributed by atoms with E-state index in [0.717, 1.165) is 11.8 Å². The summed E-state index contributed by atoms with van der Waals surface area (Å²) in [5.41, 5.74) is 0.992. The number of benzene rings is 2. The number of carbonyl (C=O) groups is 2. The topological polar surface area (TPSA) is 94.4 Å². The first-order chi connectivity index (χ1) is 17.3. The van der Waals surface area contributed by atoms with E-state index in [1.54, 1.807) is 37.3 Å². The van der Waals surface area contributed by atoms with E-state index >= 15 is 0 Å². The zero-order valence-electron chi connectivity index (χ0n) is 20.0. The average molecular weight is 534 g/mol. The molecule has 0 spiro atoms. The number of esters is 1. The predicted molar refractivity (Wildman–Crippen MR) is 138 cm³/mol. The van der Waals surface area contributed by atoms with Gasteiger partial charge in [-0.05, 0) is 54.8 Å². The maximum atomic E-state index is 13.5. The third kappa shape index (κ3) is 6.67. The maximum Gasteiger partial charge on any atom is 0.344 e. The molecule has 1 aliphatic rings. The van der Waals surface area contributed by atoms with Gasteiger partial charge in [-0.3, -0.25) is 4.79 Å². The van der Waals surface area contributed by atoms with Gasteiger partial charge in [-0.25, -0.2) is 14.2 Å². The molecule has 0 atom stereocenters. The molecule has 0 aromatic heterocycles. The molecule has 1 aliphatic heterocycles. The van der Waals surface area contributed by atoms with Crippen molar-refractivity contribution in [1.29, 1.82) is 0 Å². The molecule has 1 heterocycles. The second-order valence-corrected chi connectivity index (χ2v) is 9.01. The average Bonchev–Trinajstić information content (AvgIpc) is 3.12. The van der Waals surface area contributed by atoms with Crippen LogP contribution in [0.5, 0.6) is 11.5 Å². The number of thioether (sulfide) groups is 1. The van der Waals surface area contributed by atoms with Gasteiger partial charge in [0.2, 0.25) is 5.91 Å². The Hall–Kier alpha value is -3.30. The zero-order chi connectivity index (χ0) is 26.2. The number of nitrogens with zero attached hydrogens (tertiary/aromatic N) is 1. The molecule has 7 nitrogen and oxygen atoms in total. The number of aliphatic imine (C=N–C) groups is 1. The first kappa shape index (κ1) is 27.3. The number of aliphatic hydroxyl groups is 1. The van der Waals surface area contributed by atoms with Crippen LogP contribution < -0.4 is 9.47 Å². The lowest BCUT2D eigenvalue weighted by molar-refractivity contribution is -0.138. The molecule has 0 fully saturated rings. The van der Waals surface area contributed by atoms with Gasteiger partial charge >= 0.3 is 5.97 Å². The molecule has 0 bridgehead atoms. The van der Waals surface area contributed by atoms with Crippen LogP contribution in [0.4, 0.5) is 4.39 Å². The molecular weight excluding hydrogens is 509 g/mol. The van der Waals surface area contributed by atoms with Gasteiger partial charge in [0.1, 0.15) is 28.8 Å². The quantitative estimate of drug-likeness (QED) is 0.380. The van der Waals surface area contributed by atoms with Gasteiger partial charge in [-0.1, -0.05) is 42.4 Å². The highest BCUT2D eigenvalue weighted by molar-refractivity contribution is 8.18. The van der Waals surface area contributed by atoms with Gasteiger partial charge in [0.15, 0.2) is 11.5 Å². The Labute approximate surface area is 217 Å². The van der Waals surface area contributed by atoms with Crippen molar-refractivity contribution in [3.05, 3.63) is 74.6 Å². The molecule has 0 saturated heterocycles. The van der Waals surface area contributed by atoms with Crippen LogP contribution in [0.15, 0.2) is 57.6 Å². The number of ether oxygens (including phenoxy) is 3. The van der Waals surface area contributed by atoms with Crippen molar-refractivity contribution in [2.45, 2.75) is 33.3 Å². The van der Waals surface area contributed by atoms with Crippen LogP contribution in [0.25, 0.3) is 6.08 Å². The Morgan fingerprint density at radius 2 is 2.00 bits per heavy atom. The summed E-state index contributed by atoms with van der Waals surface area (Å²) in [5.74, 6) is -1.31. The van der Waals surface area contributed by atoms with Crippen LogP contribution in [0.1, 0.15) is 37.8 Å². The molecule has 190 valence electrons. The normalized spacial score (nSPS) is 15.5. The van der Waals surface area contributed by atoms with Gasteiger partial charge in [-0.2, -0.15) is 0 Å². The first-order valence-corrected chi connectivity index (χ1v) is 12.3. The van der Waals surface area contributed by atoms with E-state index in [1.807, 2.05) is 6.92 Å². The lowest BCUT2D eigenvalue weighted by atomic mass is 10.1. The van der Waals surface area contributed by atoms with Gasteiger partial charge in [0, 0.05) is 6.42 Å². The van der Waals surface area contributed by atoms with Crippen LogP contribution in [-0.4, -0.2) is 35.7 Å². The molecule has 1 amide bonds. The van der Waals surface area contributed by atoms with Crippen LogP contribution in [0.2, 0.25) is 5.02 Å². The fourth-order valence-electron chi connectivity index (χ4n) is 3.27. The minimum Gasteiger partial charge on any atom is -0.506 e. The minimum absolute atomic E-state index is 0.0716. The minimum atomic E-state index is -0.773. The predicted octanol–water partition coefficient (Wildman–Crippen LogP) is 6.25. The fraction of sp³-hybridized carbons (Fsp3) is 0.269. The maximum absolute atomic E-state index is 13.5. The molecule has 36 heavy (non-hydrogen) atoms. The number of methoxy groups -OCH3 is 1. The van der Waals surface area contributed by atoms with E-state index in [0.29, 0.717) is 23.3 Å². The summed E-state index contributed by atoms with van der Waals surface area (Å²) >= 11 is 7.43. The largest absolute Gasteiger partial charge is 0.506 e. The van der Waals surface area contributed by atoms with Gasteiger partial charge < -0.3 is 19.3 Å². The summed E-state index contributed by atoms with van der Waals surface area (Å²) in [4.78, 5) is 28.8. The van der Waals surface area contributed by atoms with Crippen molar-refractivity contribution >= 4 is 46.4 Å². The van der Waals surface area contributed by atoms with E-state index in [-0.39, 0.29) is 57.5 Å². The molecular formula is C26H25ClFNO6S. The number of carbonyl (C=O) groups excluding carboxylic acids is 2. The van der Waals surface area contributed by atoms with Crippen LogP contribution >= 0.6 is 23.4 Å². The Morgan fingerprint density at radius 1 is 1.22 bits per heavy atom. The summed E-state index contributed by atoms with van der Waals surface area (Å²) in [5, 5.41) is 11.1. The molecule has 0 aliphatic carbocycles. The number of rotatable bonds is 9. The highest BCUT2D eigenvalue weighted by Crippen LogP contribution is 2.42. The highest BCUT2D eigenvalue weighted by Gasteiger charge is 2.33. The SMILES string of the molecule is CCCC(=O)N=C1S/C(=C\c2cc(Cl)c(OCc3cccc(F)c3)c(OC)c2)C(O)=C1C(=O)OCC. The molecule has 10 heteroatoms. The summed E-state index contributed by atoms with van der Waals surface area (Å²) in [6.45, 7) is 3.65. The summed E-state index contributed by atoms with van der Waals surface area (Å²) in [6.07, 6.45) is 2.39. The monoisotopic (exact) mass is 533 g/mol. The van der Waals surface area contributed by atoms with Crippen molar-refractivity contribution in [3.63, 3.8) is 0 Å². The number of halogens is 2. The molecule has 2 aromatic rings. The van der Waals surface area contributed by atoms with Crippen molar-refractivity contribution in [2.24, 2.45) is 4.99 Å². The standard InChI is InChI=1S/C26H25ClFNO6S/c1-4-7-21(30)29-25-22(26(32)34-5-2)23(31)20(36-25)13-16-11-18(27)24(19(12-16)33-3)35-14-15-8-6-9-17(28)10-15/h6,8-13,31H,4-5,7,14H2,1-3H3/b20-13-,29-25?. The van der Waals surface area contributed by atoms with E-state index < -0.39 is 11.9 Å². The molecule has 2 aromatic carbocycles. The highest BCUT2D eigenvalue weighted by atomic mass is 35.5. The lowest BCUT2D eigenvalue weighted by Gasteiger charge is -2.14. The van der Waals surface area contributed by atoms with Crippen LogP contribution in [0, 0.1) is 5.82 Å². The van der Waals surface area contributed by atoms with Crippen molar-refractivity contribution in [2.75, 3.05) is 13.7 Å². The number of aliphatic hydroxyl groups excluding tert-OH is 1. The third-order valence-electron chi connectivity index (χ3n) is 4.88. The van der Waals surface area contributed by atoms with Gasteiger partial charge in [-0.15, -0.1) is 0 Å². The summed E-state index contributed by atoms with van der Waals surface area (Å²) < 4.78 is 29.7. The second kappa shape index (κ2) is 12.6. The molecule has 1 N–H and O–H groups in total. The first-order valence-electron chi connectivity index (χ1n) is 11.1. The van der Waals surface area contributed by atoms with Crippen LogP contribution in [0.3, 0.4) is 0 Å². The van der Waals surface area contributed by atoms with Gasteiger partial charge in [0.05, 0.1) is 23.6 Å². The van der Waals surface area contributed by atoms with Crippen molar-refractivity contribution in [1.82, 2.24) is 0 Å². The number of amides is 1. The smallest absolute Gasteiger partial charge is 0.344 e. The zero-order valence-corrected chi connectivity index (χ0v) is 21.5. The third-order valence-corrected chi connectivity index (χ3v) is 6.18. The van der Waals surface area contributed by atoms with E-state index in [4.69, 9.17) is 25.8 Å². The van der Waals surface area contributed by atoms with E-state index in [1.165, 1.54) is 19.2 Å². The Morgan fingerprint density at radius 3 is 2.67 bits per heavy atom. The summed E-state index contributed by atoms with van der Waals surface area (Å²) in [7, 11) is 1.45. The molecule has 3 rings (SSSR count). The molecule has 0 unspecified atom stereocenters. The fourth-order valence-corrected chi connectivity index (χ4v) is 4.58. The molecule has 0 radical (unpaired) electrons. The summed E-state index contributed by atoms with van der Waals surface area (Å²) in [6, 6.07) is 9.23. The van der Waals surface area contributed by atoms with Crippen LogP contribution in [-0.2, 0) is 20.9 Å². The van der Waals surface area contributed by atoms with E-state index in [2.05, 4.69) is 4.99 Å². The Kier molecular flexibility index (Phi) is 9.55. The second-order valence-electron chi connectivity index (χ2n) is 7.57. The molecule has 0 saturated carbocycles. The number of hydrogen-bond donors (Lipinski definition) is 1. The van der Waals surface area contributed by atoms with Crippen molar-refractivity contribution < 1.29 is 33.3 Å². The number of hydrogen-bond acceptors (Lipinski definition) is 7.